The van der Waals surface area contributed by atoms with Gasteiger partial charge in [-0.3, -0.25) is 0 Å². The van der Waals surface area contributed by atoms with E-state index in [0.717, 1.165) is 52.1 Å². The van der Waals surface area contributed by atoms with Crippen LogP contribution in [0.2, 0.25) is 0 Å². The molecule has 0 aromatic carbocycles. The molecule has 0 N–H and O–H groups in total. The van der Waals surface area contributed by atoms with Gasteiger partial charge in [-0.05, 0) is 90.6 Å². The molecule has 6 nitrogen and oxygen atoms in total. The van der Waals surface area contributed by atoms with Gasteiger partial charge in [-0.2, -0.15) is 0 Å². The van der Waals surface area contributed by atoms with E-state index in [0.29, 0.717) is 0 Å². The molecule has 0 aliphatic heterocycles. The van der Waals surface area contributed by atoms with Crippen molar-refractivity contribution in [3.63, 3.8) is 0 Å². The van der Waals surface area contributed by atoms with Gasteiger partial charge in [0, 0.05) is 11.9 Å². The minimum atomic E-state index is -0.898. The van der Waals surface area contributed by atoms with Gasteiger partial charge in [0.2, 0.25) is 0 Å². The van der Waals surface area contributed by atoms with Crippen molar-refractivity contribution in [1.29, 1.82) is 0 Å². The molecular weight excluding hydrogens is 1140 g/mol. The van der Waals surface area contributed by atoms with Crippen LogP contribution >= 0.6 is 0 Å². The molecule has 0 aromatic rings. The summed E-state index contributed by atoms with van der Waals surface area (Å²) in [5, 5.41) is 21.8. The monoisotopic (exact) mass is 1310 g/mol. The Balaban J connectivity index is -0.00000168. The molecule has 91 heavy (non-hydrogen) atoms. The molecule has 0 heterocycles. The van der Waals surface area contributed by atoms with E-state index in [1.807, 2.05) is 0 Å². The van der Waals surface area contributed by atoms with Crippen molar-refractivity contribution < 1.29 is 19.8 Å². The van der Waals surface area contributed by atoms with Gasteiger partial charge in [-0.15, -0.1) is 0 Å². The van der Waals surface area contributed by atoms with E-state index in [9.17, 15) is 19.8 Å². The molecule has 0 radical (unpaired) electrons. The van der Waals surface area contributed by atoms with E-state index >= 15 is 0 Å². The Labute approximate surface area is 604 Å². The van der Waals surface area contributed by atoms with E-state index < -0.39 is 11.9 Å². The van der Waals surface area contributed by atoms with Gasteiger partial charge in [-0.25, -0.2) is 0 Å². The summed E-state index contributed by atoms with van der Waals surface area (Å²) in [6.45, 7) is 15.6. The summed E-state index contributed by atoms with van der Waals surface area (Å²) in [7, 11) is 0. The van der Waals surface area contributed by atoms with Crippen LogP contribution in [0.4, 0.5) is 0 Å². The Bertz CT molecular complexity index is 1130. The number of carboxylic acid groups (broad SMARTS) is 2. The molecule has 0 unspecified atom stereocenters. The SMILES string of the molecule is CCCCCCCCCCCCCCCCCCCN(CCCCCCCCCCCCCCCCCCC)CCCC(=O)[O-].CCCCCCCCCCCCCCCCCCCN(CCCCCCCCCCCCCCCCCCC)CCCC(=O)[O-].[Ca+2]. The molecule has 0 aliphatic rings. The van der Waals surface area contributed by atoms with E-state index in [1.54, 1.807) is 0 Å². The summed E-state index contributed by atoms with van der Waals surface area (Å²) in [5.74, 6) is -1.80. The molecular formula is C84H168CaN2O4. The second-order valence-electron chi connectivity index (χ2n) is 29.3. The number of hydrogen-bond donors (Lipinski definition) is 0. The third-order valence-electron chi connectivity index (χ3n) is 20.0. The molecule has 7 heteroatoms. The first kappa shape index (κ1) is 95.3. The maximum Gasteiger partial charge on any atom is 2.00 e. The third kappa shape index (κ3) is 90.1. The largest absolute Gasteiger partial charge is 2.00 e. The number of carbonyl (C=O) groups is 2. The van der Waals surface area contributed by atoms with Crippen molar-refractivity contribution in [3.05, 3.63) is 0 Å². The van der Waals surface area contributed by atoms with Gasteiger partial charge in [0.15, 0.2) is 0 Å². The number of aliphatic carboxylic acids is 2. The second-order valence-corrected chi connectivity index (χ2v) is 29.3. The molecule has 540 valence electrons. The second kappa shape index (κ2) is 88.1. The Morgan fingerprint density at radius 2 is 0.275 bits per heavy atom. The van der Waals surface area contributed by atoms with Crippen LogP contribution in [0.3, 0.4) is 0 Å². The standard InChI is InChI=1S/2C42H85NO2.Ca/c2*1-3-5-7-9-11-13-15-17-19-21-23-25-27-29-31-33-35-39-43(41-37-38-42(44)45)40-36-34-32-30-28-26-24-22-20-18-16-14-12-10-8-6-4-2;/h2*3-41H2,1-2H3,(H,44,45);/q;;+2/p-2. The van der Waals surface area contributed by atoms with Gasteiger partial charge in [0.25, 0.3) is 0 Å². The molecule has 0 amide bonds. The van der Waals surface area contributed by atoms with Crippen molar-refractivity contribution in [2.45, 2.75) is 490 Å². The summed E-state index contributed by atoms with van der Waals surface area (Å²) >= 11 is 0. The van der Waals surface area contributed by atoms with Gasteiger partial charge in [-0.1, -0.05) is 439 Å². The van der Waals surface area contributed by atoms with E-state index in [4.69, 9.17) is 0 Å². The van der Waals surface area contributed by atoms with Crippen LogP contribution in [0.15, 0.2) is 0 Å². The van der Waals surface area contributed by atoms with Crippen LogP contribution in [-0.4, -0.2) is 98.7 Å². The zero-order valence-corrected chi connectivity index (χ0v) is 65.6. The first-order chi connectivity index (χ1) is 44.4. The van der Waals surface area contributed by atoms with Gasteiger partial charge < -0.3 is 29.6 Å². The minimum Gasteiger partial charge on any atom is -0.550 e. The predicted molar refractivity (Wildman–Crippen MR) is 404 cm³/mol. The summed E-state index contributed by atoms with van der Waals surface area (Å²) in [6.07, 6.45) is 97.8. The van der Waals surface area contributed by atoms with Crippen LogP contribution in [0.5, 0.6) is 0 Å². The van der Waals surface area contributed by atoms with E-state index in [2.05, 4.69) is 37.5 Å². The average Bonchev–Trinajstić information content (AvgIpc) is 3.55. The minimum absolute atomic E-state index is 0. The molecule has 0 aromatic heterocycles. The van der Waals surface area contributed by atoms with Crippen molar-refractivity contribution in [2.75, 3.05) is 39.3 Å². The first-order valence-electron chi connectivity index (χ1n) is 42.2. The zero-order chi connectivity index (χ0) is 65.5. The summed E-state index contributed by atoms with van der Waals surface area (Å²) in [5.41, 5.74) is 0. The zero-order valence-electron chi connectivity index (χ0n) is 63.4. The molecule has 0 rings (SSSR count). The third-order valence-corrected chi connectivity index (χ3v) is 20.0. The normalized spacial score (nSPS) is 11.5. The fraction of sp³-hybridized carbons (Fsp3) is 0.976. The summed E-state index contributed by atoms with van der Waals surface area (Å²) in [4.78, 5) is 26.9. The smallest absolute Gasteiger partial charge is 0.550 e. The summed E-state index contributed by atoms with van der Waals surface area (Å²) < 4.78 is 0. The molecule has 0 bridgehead atoms. The quantitative estimate of drug-likeness (QED) is 0.0445. The van der Waals surface area contributed by atoms with Crippen molar-refractivity contribution in [2.24, 2.45) is 0 Å². The Hall–Kier alpha value is 0.120. The van der Waals surface area contributed by atoms with Gasteiger partial charge in [0.1, 0.15) is 0 Å². The van der Waals surface area contributed by atoms with Crippen molar-refractivity contribution in [3.8, 4) is 0 Å². The molecule has 0 atom stereocenters. The van der Waals surface area contributed by atoms with Crippen LogP contribution in [0.25, 0.3) is 0 Å². The number of hydrogen-bond acceptors (Lipinski definition) is 6. The topological polar surface area (TPSA) is 86.7 Å². The Morgan fingerprint density at radius 3 is 0.385 bits per heavy atom. The van der Waals surface area contributed by atoms with Gasteiger partial charge in [0.05, 0.1) is 0 Å². The maximum absolute atomic E-state index is 10.9. The molecule has 0 saturated heterocycles. The number of unbranched alkanes of at least 4 members (excludes halogenated alkanes) is 64. The average molecular weight is 1310 g/mol. The maximum atomic E-state index is 10.9. The molecule has 0 aliphatic carbocycles. The Kier molecular flexibility index (Phi) is 92.3. The van der Waals surface area contributed by atoms with Crippen LogP contribution in [0, 0.1) is 0 Å². The fourth-order valence-corrected chi connectivity index (χ4v) is 13.8. The number of carbonyl (C=O) groups excluding carboxylic acids is 2. The van der Waals surface area contributed by atoms with Crippen LogP contribution in [0.1, 0.15) is 490 Å². The molecule has 0 fully saturated rings. The predicted octanol–water partition coefficient (Wildman–Crippen LogP) is 25.9. The Morgan fingerprint density at radius 1 is 0.176 bits per heavy atom. The van der Waals surface area contributed by atoms with Crippen molar-refractivity contribution >= 4 is 49.7 Å². The number of carboxylic acids is 2. The van der Waals surface area contributed by atoms with Crippen LogP contribution < -0.4 is 10.2 Å². The number of nitrogens with zero attached hydrogens (tertiary/aromatic N) is 2. The number of rotatable bonds is 80. The molecule has 0 spiro atoms. The van der Waals surface area contributed by atoms with Crippen LogP contribution in [-0.2, 0) is 9.59 Å². The molecule has 0 saturated carbocycles. The summed E-state index contributed by atoms with van der Waals surface area (Å²) in [6, 6.07) is 0. The van der Waals surface area contributed by atoms with E-state index in [1.165, 1.54) is 437 Å². The fourth-order valence-electron chi connectivity index (χ4n) is 13.8. The van der Waals surface area contributed by atoms with Gasteiger partial charge >= 0.3 is 37.7 Å². The van der Waals surface area contributed by atoms with E-state index in [-0.39, 0.29) is 50.6 Å². The first-order valence-corrected chi connectivity index (χ1v) is 42.2. The van der Waals surface area contributed by atoms with Crippen molar-refractivity contribution in [1.82, 2.24) is 9.80 Å².